The van der Waals surface area contributed by atoms with Gasteiger partial charge < -0.3 is 14.7 Å². The summed E-state index contributed by atoms with van der Waals surface area (Å²) in [5.41, 5.74) is 0.272. The normalized spacial score (nSPS) is 16.8. The van der Waals surface area contributed by atoms with Crippen molar-refractivity contribution in [2.24, 2.45) is 5.92 Å². The highest BCUT2D eigenvalue weighted by Crippen LogP contribution is 2.20. The molecule has 1 aromatic rings. The summed E-state index contributed by atoms with van der Waals surface area (Å²) in [7, 11) is 0. The van der Waals surface area contributed by atoms with Crippen molar-refractivity contribution in [3.05, 3.63) is 29.8 Å². The highest BCUT2D eigenvalue weighted by Gasteiger charge is 2.16. The van der Waals surface area contributed by atoms with Gasteiger partial charge in [-0.1, -0.05) is 19.4 Å². The fourth-order valence-electron chi connectivity index (χ4n) is 2.82. The lowest BCUT2D eigenvalue weighted by atomic mass is 9.94. The minimum Gasteiger partial charge on any atom is -0.494 e. The van der Waals surface area contributed by atoms with E-state index in [9.17, 15) is 4.79 Å². The van der Waals surface area contributed by atoms with E-state index in [1.54, 1.807) is 24.3 Å². The second-order valence-corrected chi connectivity index (χ2v) is 5.73. The average molecular weight is 291 g/mol. The molecule has 0 atom stereocenters. The Kier molecular flexibility index (Phi) is 6.05. The largest absolute Gasteiger partial charge is 0.494 e. The Hall–Kier alpha value is -1.55. The highest BCUT2D eigenvalue weighted by molar-refractivity contribution is 5.87. The maximum Gasteiger partial charge on any atom is 0.335 e. The van der Waals surface area contributed by atoms with E-state index in [1.807, 2.05) is 0 Å². The maximum atomic E-state index is 10.9. The van der Waals surface area contributed by atoms with Gasteiger partial charge >= 0.3 is 5.97 Å². The van der Waals surface area contributed by atoms with Gasteiger partial charge in [0.2, 0.25) is 0 Å². The van der Waals surface area contributed by atoms with Crippen molar-refractivity contribution in [3.63, 3.8) is 0 Å². The standard InChI is InChI=1S/C17H25NO3/c1-2-14-7-10-18(11-8-14)9-4-12-21-16-6-3-5-15(13-16)17(19)20/h3,5-6,13-14H,2,4,7-12H2,1H3,(H,19,20). The third-order valence-electron chi connectivity index (χ3n) is 4.25. The second kappa shape index (κ2) is 8.03. The van der Waals surface area contributed by atoms with Crippen molar-refractivity contribution >= 4 is 5.97 Å². The molecule has 0 saturated carbocycles. The number of rotatable bonds is 7. The summed E-state index contributed by atoms with van der Waals surface area (Å²) >= 11 is 0. The first kappa shape index (κ1) is 15.8. The van der Waals surface area contributed by atoms with Crippen LogP contribution in [-0.2, 0) is 0 Å². The number of aromatic carboxylic acids is 1. The van der Waals surface area contributed by atoms with Crippen LogP contribution in [0.1, 0.15) is 43.0 Å². The number of hydrogen-bond donors (Lipinski definition) is 1. The van der Waals surface area contributed by atoms with Crippen LogP contribution in [0.4, 0.5) is 0 Å². The zero-order valence-corrected chi connectivity index (χ0v) is 12.8. The number of carboxylic acids is 1. The van der Waals surface area contributed by atoms with E-state index >= 15 is 0 Å². The Bertz CT molecular complexity index is 453. The zero-order valence-electron chi connectivity index (χ0n) is 12.8. The summed E-state index contributed by atoms with van der Waals surface area (Å²) in [5.74, 6) is 0.634. The van der Waals surface area contributed by atoms with Crippen LogP contribution in [0.15, 0.2) is 24.3 Å². The molecular weight excluding hydrogens is 266 g/mol. The summed E-state index contributed by atoms with van der Waals surface area (Å²) in [5, 5.41) is 8.93. The molecule has 4 heteroatoms. The van der Waals surface area contributed by atoms with Gasteiger partial charge in [0.1, 0.15) is 5.75 Å². The van der Waals surface area contributed by atoms with E-state index < -0.39 is 5.97 Å². The summed E-state index contributed by atoms with van der Waals surface area (Å²) in [4.78, 5) is 13.4. The Morgan fingerprint density at radius 1 is 1.38 bits per heavy atom. The molecule has 0 spiro atoms. The monoisotopic (exact) mass is 291 g/mol. The number of hydrogen-bond acceptors (Lipinski definition) is 3. The first-order valence-electron chi connectivity index (χ1n) is 7.87. The third-order valence-corrected chi connectivity index (χ3v) is 4.25. The van der Waals surface area contributed by atoms with E-state index in [-0.39, 0.29) is 5.56 Å². The molecule has 1 fully saturated rings. The van der Waals surface area contributed by atoms with Crippen LogP contribution in [0.3, 0.4) is 0 Å². The maximum absolute atomic E-state index is 10.9. The number of nitrogens with zero attached hydrogens (tertiary/aromatic N) is 1. The SMILES string of the molecule is CCC1CCN(CCCOc2cccc(C(=O)O)c2)CC1. The van der Waals surface area contributed by atoms with Crippen molar-refractivity contribution < 1.29 is 14.6 Å². The molecule has 0 amide bonds. The average Bonchev–Trinajstić information content (AvgIpc) is 2.52. The molecule has 1 aromatic carbocycles. The van der Waals surface area contributed by atoms with Crippen molar-refractivity contribution in [3.8, 4) is 5.75 Å². The van der Waals surface area contributed by atoms with E-state index in [0.717, 1.165) is 18.9 Å². The van der Waals surface area contributed by atoms with E-state index in [0.29, 0.717) is 12.4 Å². The molecule has 0 aromatic heterocycles. The molecule has 1 aliphatic heterocycles. The van der Waals surface area contributed by atoms with Gasteiger partial charge in [0, 0.05) is 6.54 Å². The van der Waals surface area contributed by atoms with Crippen molar-refractivity contribution in [2.45, 2.75) is 32.6 Å². The number of carbonyl (C=O) groups is 1. The van der Waals surface area contributed by atoms with Gasteiger partial charge in [-0.3, -0.25) is 0 Å². The molecule has 1 saturated heterocycles. The Morgan fingerprint density at radius 3 is 2.81 bits per heavy atom. The Balaban J connectivity index is 1.66. The summed E-state index contributed by atoms with van der Waals surface area (Å²) < 4.78 is 5.64. The second-order valence-electron chi connectivity index (χ2n) is 5.73. The molecule has 0 aliphatic carbocycles. The predicted octanol–water partition coefficient (Wildman–Crippen LogP) is 3.28. The van der Waals surface area contributed by atoms with Crippen molar-refractivity contribution in [1.82, 2.24) is 4.90 Å². The topological polar surface area (TPSA) is 49.8 Å². The van der Waals surface area contributed by atoms with Crippen LogP contribution in [-0.4, -0.2) is 42.2 Å². The predicted molar refractivity (Wildman–Crippen MR) is 83.0 cm³/mol. The number of piperidine rings is 1. The molecule has 1 N–H and O–H groups in total. The van der Waals surface area contributed by atoms with Crippen LogP contribution >= 0.6 is 0 Å². The minimum atomic E-state index is -0.917. The van der Waals surface area contributed by atoms with Crippen LogP contribution in [0.25, 0.3) is 0 Å². The molecule has 21 heavy (non-hydrogen) atoms. The van der Waals surface area contributed by atoms with E-state index in [1.165, 1.54) is 32.4 Å². The van der Waals surface area contributed by atoms with Gasteiger partial charge in [-0.05, 0) is 56.5 Å². The molecule has 1 heterocycles. The number of likely N-dealkylation sites (tertiary alicyclic amines) is 1. The molecule has 116 valence electrons. The van der Waals surface area contributed by atoms with Crippen LogP contribution in [0.5, 0.6) is 5.75 Å². The van der Waals surface area contributed by atoms with Crippen molar-refractivity contribution in [2.75, 3.05) is 26.2 Å². The lowest BCUT2D eigenvalue weighted by Gasteiger charge is -2.31. The Morgan fingerprint density at radius 2 is 2.14 bits per heavy atom. The highest BCUT2D eigenvalue weighted by atomic mass is 16.5. The van der Waals surface area contributed by atoms with Gasteiger partial charge in [-0.15, -0.1) is 0 Å². The zero-order chi connectivity index (χ0) is 15.1. The Labute approximate surface area is 126 Å². The van der Waals surface area contributed by atoms with Crippen molar-refractivity contribution in [1.29, 1.82) is 0 Å². The molecule has 2 rings (SSSR count). The summed E-state index contributed by atoms with van der Waals surface area (Å²) in [6.45, 7) is 6.38. The van der Waals surface area contributed by atoms with E-state index in [4.69, 9.17) is 9.84 Å². The number of ether oxygens (including phenoxy) is 1. The van der Waals surface area contributed by atoms with Crippen LogP contribution in [0.2, 0.25) is 0 Å². The van der Waals surface area contributed by atoms with Gasteiger partial charge in [0.05, 0.1) is 12.2 Å². The van der Waals surface area contributed by atoms with Crippen LogP contribution < -0.4 is 4.74 Å². The third kappa shape index (κ3) is 5.05. The van der Waals surface area contributed by atoms with Gasteiger partial charge in [-0.25, -0.2) is 4.79 Å². The molecule has 0 unspecified atom stereocenters. The first-order chi connectivity index (χ1) is 10.2. The molecule has 1 aliphatic rings. The van der Waals surface area contributed by atoms with Gasteiger partial charge in [0.25, 0.3) is 0 Å². The first-order valence-corrected chi connectivity index (χ1v) is 7.87. The quantitative estimate of drug-likeness (QED) is 0.783. The smallest absolute Gasteiger partial charge is 0.335 e. The summed E-state index contributed by atoms with van der Waals surface area (Å²) in [6.07, 6.45) is 4.92. The van der Waals surface area contributed by atoms with Gasteiger partial charge in [0.15, 0.2) is 0 Å². The molecule has 0 radical (unpaired) electrons. The lowest BCUT2D eigenvalue weighted by molar-refractivity contribution is 0.0696. The fraction of sp³-hybridized carbons (Fsp3) is 0.588. The number of carboxylic acid groups (broad SMARTS) is 1. The van der Waals surface area contributed by atoms with E-state index in [2.05, 4.69) is 11.8 Å². The van der Waals surface area contributed by atoms with Crippen LogP contribution in [0, 0.1) is 5.92 Å². The fourth-order valence-corrected chi connectivity index (χ4v) is 2.82. The molecule has 4 nitrogen and oxygen atoms in total. The number of benzene rings is 1. The lowest BCUT2D eigenvalue weighted by Crippen LogP contribution is -2.34. The van der Waals surface area contributed by atoms with Gasteiger partial charge in [-0.2, -0.15) is 0 Å². The summed E-state index contributed by atoms with van der Waals surface area (Å²) in [6, 6.07) is 6.68. The molecule has 0 bridgehead atoms. The molecular formula is C17H25NO3. The minimum absolute atomic E-state index is 0.272.